The van der Waals surface area contributed by atoms with E-state index < -0.39 is 150 Å². The third-order valence-electron chi connectivity index (χ3n) is 9.40. The van der Waals surface area contributed by atoms with Gasteiger partial charge in [0.15, 0.2) is 29.7 Å². The fourth-order valence-corrected chi connectivity index (χ4v) is 6.28. The Bertz CT molecular complexity index is 1850. The van der Waals surface area contributed by atoms with E-state index in [0.29, 0.717) is 0 Å². The molecule has 3 fully saturated rings. The molecule has 13 N–H and O–H groups in total. The van der Waals surface area contributed by atoms with Crippen LogP contribution in [0.1, 0.15) is 6.92 Å². The minimum atomic E-state index is -1.98. The Balaban J connectivity index is 1.40. The molecule has 6 rings (SSSR count). The molecule has 0 saturated carbocycles. The van der Waals surface area contributed by atoms with Gasteiger partial charge in [0.2, 0.25) is 23.8 Å². The smallest absolute Gasteiger partial charge is 0.239 e. The van der Waals surface area contributed by atoms with Crippen molar-refractivity contribution in [3.05, 3.63) is 40.6 Å². The summed E-state index contributed by atoms with van der Waals surface area (Å²) in [7, 11) is 0. The van der Waals surface area contributed by atoms with Gasteiger partial charge in [0.25, 0.3) is 0 Å². The summed E-state index contributed by atoms with van der Waals surface area (Å²) >= 11 is 0. The first kappa shape index (κ1) is 39.8. The van der Waals surface area contributed by atoms with E-state index in [-0.39, 0.29) is 11.3 Å². The number of aliphatic hydroxyl groups excluding tert-OH is 10. The van der Waals surface area contributed by atoms with Crippen molar-refractivity contribution in [1.29, 1.82) is 0 Å². The van der Waals surface area contributed by atoms with Crippen LogP contribution < -0.4 is 14.9 Å². The molecule has 3 saturated heterocycles. The van der Waals surface area contributed by atoms with Gasteiger partial charge in [-0.1, -0.05) is 0 Å². The zero-order chi connectivity index (χ0) is 39.3. The number of hydrogen-bond donors (Lipinski definition) is 13. The van der Waals surface area contributed by atoms with Crippen LogP contribution in [0.25, 0.3) is 22.3 Å². The lowest BCUT2D eigenvalue weighted by Crippen LogP contribution is -2.64. The van der Waals surface area contributed by atoms with Gasteiger partial charge in [0, 0.05) is 17.7 Å². The lowest BCUT2D eigenvalue weighted by atomic mass is 9.97. The van der Waals surface area contributed by atoms with Gasteiger partial charge in [0.1, 0.15) is 83.5 Å². The second-order valence-corrected chi connectivity index (χ2v) is 13.0. The van der Waals surface area contributed by atoms with Crippen molar-refractivity contribution in [2.45, 2.75) is 99.0 Å². The van der Waals surface area contributed by atoms with Crippen LogP contribution in [0.5, 0.6) is 28.7 Å². The van der Waals surface area contributed by atoms with Crippen LogP contribution in [-0.2, 0) is 18.9 Å². The fraction of sp³-hybridized carbons (Fsp3) is 0.545. The molecule has 21 nitrogen and oxygen atoms in total. The molecule has 4 heterocycles. The monoisotopic (exact) mass is 772 g/mol. The maximum atomic E-state index is 14.0. The van der Waals surface area contributed by atoms with E-state index in [1.54, 1.807) is 0 Å². The highest BCUT2D eigenvalue weighted by molar-refractivity contribution is 5.88. The summed E-state index contributed by atoms with van der Waals surface area (Å²) in [6.45, 7) is -0.287. The predicted octanol–water partition coefficient (Wildman–Crippen LogP) is -4.21. The number of fused-ring (bicyclic) bond motifs is 1. The Labute approximate surface area is 303 Å². The van der Waals surface area contributed by atoms with Crippen molar-refractivity contribution in [3.8, 4) is 40.1 Å². The Hall–Kier alpha value is -3.91. The molecule has 1 aromatic heterocycles. The molecule has 15 atom stereocenters. The standard InChI is InChI=1S/C33H40O21/c1-9-19(39)23(43)26(46)31(48-9)54-30-25(45)21(41)17(8-35)52-33(30)49-11-5-14(38)18-15(6-11)50-28(10-2-3-12(36)13(37)4-10)29(22(18)42)53-32-27(47)24(44)20(40)16(7-34)51-32/h2-6,9,16-17,19-21,23-27,30-41,43-47H,7-8H2,1H3/t9?,16?,17?,19-,20-,21+,23-,24?,25-,26?,27?,30?,31-,32-,33+/m0/s1. The van der Waals surface area contributed by atoms with Crippen LogP contribution in [0, 0.1) is 0 Å². The lowest BCUT2D eigenvalue weighted by Gasteiger charge is -2.45. The van der Waals surface area contributed by atoms with Crippen LogP contribution in [0.15, 0.2) is 39.5 Å². The predicted molar refractivity (Wildman–Crippen MR) is 173 cm³/mol. The highest BCUT2D eigenvalue weighted by Gasteiger charge is 2.51. The molecule has 0 spiro atoms. The molecule has 2 aromatic carbocycles. The van der Waals surface area contributed by atoms with Gasteiger partial charge in [0.05, 0.1) is 19.3 Å². The van der Waals surface area contributed by atoms with Crippen LogP contribution in [0.2, 0.25) is 0 Å². The average Bonchev–Trinajstić information content (AvgIpc) is 3.14. The van der Waals surface area contributed by atoms with Crippen LogP contribution in [0.3, 0.4) is 0 Å². The van der Waals surface area contributed by atoms with Gasteiger partial charge in [-0.05, 0) is 25.1 Å². The molecule has 7 unspecified atom stereocenters. The molecule has 298 valence electrons. The maximum Gasteiger partial charge on any atom is 0.239 e. The molecule has 0 amide bonds. The van der Waals surface area contributed by atoms with Gasteiger partial charge in [-0.25, -0.2) is 0 Å². The molecular formula is C33H40O21. The van der Waals surface area contributed by atoms with E-state index in [2.05, 4.69) is 0 Å². The van der Waals surface area contributed by atoms with Gasteiger partial charge in [-0.15, -0.1) is 0 Å². The first-order chi connectivity index (χ1) is 25.6. The summed E-state index contributed by atoms with van der Waals surface area (Å²) in [5, 5.41) is 134. The molecule has 3 aliphatic heterocycles. The van der Waals surface area contributed by atoms with Crippen LogP contribution in [-0.4, -0.2) is 172 Å². The first-order valence-electron chi connectivity index (χ1n) is 16.5. The van der Waals surface area contributed by atoms with E-state index in [0.717, 1.165) is 24.3 Å². The van der Waals surface area contributed by atoms with Gasteiger partial charge < -0.3 is 99.2 Å². The largest absolute Gasteiger partial charge is 0.507 e. The quantitative estimate of drug-likeness (QED) is 0.0917. The van der Waals surface area contributed by atoms with E-state index >= 15 is 0 Å². The molecule has 21 heteroatoms. The lowest BCUT2D eigenvalue weighted by molar-refractivity contribution is -0.354. The van der Waals surface area contributed by atoms with Gasteiger partial charge >= 0.3 is 0 Å². The minimum Gasteiger partial charge on any atom is -0.507 e. The van der Waals surface area contributed by atoms with Crippen molar-refractivity contribution >= 4 is 11.0 Å². The maximum absolute atomic E-state index is 14.0. The van der Waals surface area contributed by atoms with E-state index in [1.165, 1.54) is 13.0 Å². The van der Waals surface area contributed by atoms with Crippen molar-refractivity contribution < 1.29 is 99.2 Å². The fourth-order valence-electron chi connectivity index (χ4n) is 6.28. The minimum absolute atomic E-state index is 0.116. The van der Waals surface area contributed by atoms with Crippen LogP contribution >= 0.6 is 0 Å². The van der Waals surface area contributed by atoms with Crippen molar-refractivity contribution in [1.82, 2.24) is 0 Å². The van der Waals surface area contributed by atoms with Crippen molar-refractivity contribution in [3.63, 3.8) is 0 Å². The third-order valence-corrected chi connectivity index (χ3v) is 9.40. The van der Waals surface area contributed by atoms with E-state index in [9.17, 15) is 71.2 Å². The summed E-state index contributed by atoms with van der Waals surface area (Å²) in [5.41, 5.74) is -1.66. The number of rotatable bonds is 9. The number of benzene rings is 2. The number of phenolic OH excluding ortho intramolecular Hbond substituents is 3. The molecule has 54 heavy (non-hydrogen) atoms. The third kappa shape index (κ3) is 7.27. The topological polar surface area (TPSA) is 349 Å². The van der Waals surface area contributed by atoms with Gasteiger partial charge in [-0.3, -0.25) is 4.79 Å². The van der Waals surface area contributed by atoms with E-state index in [4.69, 9.17) is 32.8 Å². The summed E-state index contributed by atoms with van der Waals surface area (Å²) in [6.07, 6.45) is -25.5. The highest BCUT2D eigenvalue weighted by atomic mass is 16.8. The summed E-state index contributed by atoms with van der Waals surface area (Å²) in [4.78, 5) is 14.0. The molecule has 0 radical (unpaired) electrons. The Morgan fingerprint density at radius 2 is 1.24 bits per heavy atom. The molecule has 3 aliphatic rings. The number of hydrogen-bond acceptors (Lipinski definition) is 21. The normalized spacial score (nSPS) is 37.3. The average molecular weight is 773 g/mol. The SMILES string of the molecule is CC1O[C@@H](OC2[C@H](Oc3cc(O)c4c(=O)c(O[C@@H]5OC(CO)[C@H](O)C(O)C5O)c(-c5ccc(O)c(O)c5)oc4c3)OC(CO)[C@@H](O)[C@@H]2O)C(O)[C@@H](O)[C@H]1O. The number of ether oxygens (including phenoxy) is 6. The second-order valence-electron chi connectivity index (χ2n) is 13.0. The number of aliphatic hydroxyl groups is 10. The van der Waals surface area contributed by atoms with E-state index in [1.807, 2.05) is 0 Å². The second kappa shape index (κ2) is 15.7. The summed E-state index contributed by atoms with van der Waals surface area (Å²) in [6, 6.07) is 5.14. The molecule has 3 aromatic rings. The molecule has 0 bridgehead atoms. The van der Waals surface area contributed by atoms with Crippen molar-refractivity contribution in [2.24, 2.45) is 0 Å². The summed E-state index contributed by atoms with van der Waals surface area (Å²) < 4.78 is 39.6. The number of aromatic hydroxyl groups is 3. The summed E-state index contributed by atoms with van der Waals surface area (Å²) in [5.74, 6) is -3.66. The van der Waals surface area contributed by atoms with Crippen LogP contribution in [0.4, 0.5) is 0 Å². The Morgan fingerprint density at radius 1 is 0.630 bits per heavy atom. The highest BCUT2D eigenvalue weighted by Crippen LogP contribution is 2.40. The van der Waals surface area contributed by atoms with Crippen molar-refractivity contribution in [2.75, 3.05) is 13.2 Å². The zero-order valence-corrected chi connectivity index (χ0v) is 28.0. The van der Waals surface area contributed by atoms with Gasteiger partial charge in [-0.2, -0.15) is 0 Å². The number of phenols is 3. The molecule has 0 aliphatic carbocycles. The molecular weight excluding hydrogens is 732 g/mol. The first-order valence-corrected chi connectivity index (χ1v) is 16.5. The Morgan fingerprint density at radius 3 is 1.89 bits per heavy atom. The Kier molecular flexibility index (Phi) is 11.5. The zero-order valence-electron chi connectivity index (χ0n) is 28.0.